The number of amides is 1. The van der Waals surface area contributed by atoms with E-state index in [0.29, 0.717) is 12.5 Å². The van der Waals surface area contributed by atoms with Gasteiger partial charge in [0.2, 0.25) is 10.0 Å². The Bertz CT molecular complexity index is 615. The first kappa shape index (κ1) is 17.2. The molecule has 1 rings (SSSR count). The number of halogens is 2. The highest BCUT2D eigenvalue weighted by Crippen LogP contribution is 2.27. The van der Waals surface area contributed by atoms with Crippen molar-refractivity contribution in [1.82, 2.24) is 5.32 Å². The Morgan fingerprint density at radius 1 is 1.30 bits per heavy atom. The lowest BCUT2D eigenvalue weighted by molar-refractivity contribution is 0.0952. The highest BCUT2D eigenvalue weighted by Gasteiger charge is 2.19. The number of rotatable bonds is 5. The number of hydrogen-bond donors (Lipinski definition) is 2. The topological polar surface area (TPSA) is 89.3 Å². The van der Waals surface area contributed by atoms with Gasteiger partial charge in [-0.05, 0) is 24.5 Å². The van der Waals surface area contributed by atoms with E-state index in [4.69, 9.17) is 28.3 Å². The molecule has 3 N–H and O–H groups in total. The van der Waals surface area contributed by atoms with Gasteiger partial charge >= 0.3 is 0 Å². The Kier molecular flexibility index (Phi) is 5.82. The Balaban J connectivity index is 3.04. The summed E-state index contributed by atoms with van der Waals surface area (Å²) >= 11 is 11.7. The average Bonchev–Trinajstić information content (AvgIpc) is 2.26. The van der Waals surface area contributed by atoms with Crippen LogP contribution in [0.5, 0.6) is 0 Å². The number of nitrogens with two attached hydrogens (primary N) is 1. The number of primary sulfonamides is 1. The van der Waals surface area contributed by atoms with Gasteiger partial charge in [-0.3, -0.25) is 4.79 Å². The summed E-state index contributed by atoms with van der Waals surface area (Å²) in [6.45, 7) is 4.53. The molecular weight excluding hydrogens is 323 g/mol. The monoisotopic (exact) mass is 338 g/mol. The van der Waals surface area contributed by atoms with E-state index in [9.17, 15) is 13.2 Å². The number of benzene rings is 1. The molecule has 0 fully saturated rings. The second-order valence-electron chi connectivity index (χ2n) is 4.75. The largest absolute Gasteiger partial charge is 0.352 e. The second kappa shape index (κ2) is 6.76. The van der Waals surface area contributed by atoms with Crippen molar-refractivity contribution in [2.45, 2.75) is 25.2 Å². The molecule has 0 aliphatic rings. The van der Waals surface area contributed by atoms with Crippen LogP contribution in [0.3, 0.4) is 0 Å². The maximum Gasteiger partial charge on any atom is 0.252 e. The molecule has 112 valence electrons. The van der Waals surface area contributed by atoms with E-state index < -0.39 is 15.9 Å². The third-order valence-corrected chi connectivity index (χ3v) is 4.27. The van der Waals surface area contributed by atoms with Crippen molar-refractivity contribution in [3.8, 4) is 0 Å². The molecule has 0 saturated heterocycles. The van der Waals surface area contributed by atoms with Gasteiger partial charge in [-0.25, -0.2) is 13.6 Å². The zero-order valence-electron chi connectivity index (χ0n) is 11.1. The first-order chi connectivity index (χ1) is 9.12. The average molecular weight is 339 g/mol. The van der Waals surface area contributed by atoms with Crippen LogP contribution in [0, 0.1) is 5.92 Å². The Morgan fingerprint density at radius 2 is 1.90 bits per heavy atom. The summed E-state index contributed by atoms with van der Waals surface area (Å²) in [6.07, 6.45) is 0.805. The predicted molar refractivity (Wildman–Crippen MR) is 79.6 cm³/mol. The van der Waals surface area contributed by atoms with Crippen molar-refractivity contribution >= 4 is 39.1 Å². The molecule has 0 aliphatic carbocycles. The number of carbonyl (C=O) groups is 1. The Morgan fingerprint density at radius 3 is 2.40 bits per heavy atom. The summed E-state index contributed by atoms with van der Waals surface area (Å²) in [7, 11) is -4.01. The summed E-state index contributed by atoms with van der Waals surface area (Å²) in [5.41, 5.74) is 0.0313. The minimum absolute atomic E-state index is 0.0313. The van der Waals surface area contributed by atoms with E-state index in [2.05, 4.69) is 5.32 Å². The fourth-order valence-corrected chi connectivity index (χ4v) is 2.90. The van der Waals surface area contributed by atoms with Crippen molar-refractivity contribution in [3.05, 3.63) is 27.7 Å². The van der Waals surface area contributed by atoms with E-state index in [0.717, 1.165) is 12.5 Å². The summed E-state index contributed by atoms with van der Waals surface area (Å²) in [5.74, 6) is -0.0202. The van der Waals surface area contributed by atoms with Crippen LogP contribution in [-0.2, 0) is 10.0 Å². The summed E-state index contributed by atoms with van der Waals surface area (Å²) in [6, 6.07) is 2.28. The number of hydrogen-bond acceptors (Lipinski definition) is 3. The van der Waals surface area contributed by atoms with Gasteiger partial charge in [-0.15, -0.1) is 0 Å². The van der Waals surface area contributed by atoms with Gasteiger partial charge in [0.05, 0.1) is 15.6 Å². The molecule has 1 amide bonds. The highest BCUT2D eigenvalue weighted by atomic mass is 35.5. The third-order valence-electron chi connectivity index (χ3n) is 2.58. The van der Waals surface area contributed by atoms with Gasteiger partial charge in [0, 0.05) is 6.54 Å². The van der Waals surface area contributed by atoms with Crippen molar-refractivity contribution < 1.29 is 13.2 Å². The quantitative estimate of drug-likeness (QED) is 0.863. The van der Waals surface area contributed by atoms with Crippen molar-refractivity contribution in [1.29, 1.82) is 0 Å². The normalized spacial score (nSPS) is 11.7. The molecular formula is C12H16Cl2N2O3S. The summed E-state index contributed by atoms with van der Waals surface area (Å²) in [4.78, 5) is 11.6. The van der Waals surface area contributed by atoms with E-state index in [-0.39, 0.29) is 20.5 Å². The molecule has 0 aromatic heterocycles. The molecule has 0 radical (unpaired) electrons. The van der Waals surface area contributed by atoms with Gasteiger partial charge < -0.3 is 5.32 Å². The molecule has 0 saturated carbocycles. The molecule has 0 bridgehead atoms. The van der Waals surface area contributed by atoms with Crippen LogP contribution >= 0.6 is 23.2 Å². The smallest absolute Gasteiger partial charge is 0.252 e. The van der Waals surface area contributed by atoms with Crippen LogP contribution in [0.15, 0.2) is 17.0 Å². The maximum atomic E-state index is 12.0. The number of sulfonamides is 1. The lowest BCUT2D eigenvalue weighted by atomic mass is 10.1. The van der Waals surface area contributed by atoms with Crippen LogP contribution in [-0.4, -0.2) is 20.9 Å². The molecule has 0 aliphatic heterocycles. The molecule has 20 heavy (non-hydrogen) atoms. The Hall–Kier alpha value is -0.820. The molecule has 8 heteroatoms. The minimum Gasteiger partial charge on any atom is -0.352 e. The van der Waals surface area contributed by atoms with E-state index in [1.165, 1.54) is 6.07 Å². The van der Waals surface area contributed by atoms with Crippen molar-refractivity contribution in [2.75, 3.05) is 6.54 Å². The lowest BCUT2D eigenvalue weighted by Gasteiger charge is -2.10. The molecule has 0 atom stereocenters. The number of carbonyl (C=O) groups excluding carboxylic acids is 1. The van der Waals surface area contributed by atoms with Crippen molar-refractivity contribution in [3.63, 3.8) is 0 Å². The van der Waals surface area contributed by atoms with Crippen LogP contribution in [0.1, 0.15) is 30.6 Å². The van der Waals surface area contributed by atoms with Gasteiger partial charge in [0.15, 0.2) is 0 Å². The van der Waals surface area contributed by atoms with Gasteiger partial charge in [0.1, 0.15) is 4.90 Å². The second-order valence-corrected chi connectivity index (χ2v) is 7.09. The third kappa shape index (κ3) is 4.63. The summed E-state index contributed by atoms with van der Waals surface area (Å²) < 4.78 is 22.7. The van der Waals surface area contributed by atoms with E-state index >= 15 is 0 Å². The summed E-state index contributed by atoms with van der Waals surface area (Å²) in [5, 5.41) is 7.66. The standard InChI is InChI=1S/C12H16Cl2N2O3S/c1-7(2)3-4-16-12(17)8-5-11(20(15,18)19)10(14)6-9(8)13/h5-7H,3-4H2,1-2H3,(H,16,17)(H2,15,18,19). The first-order valence-corrected chi connectivity index (χ1v) is 8.23. The molecule has 0 spiro atoms. The molecule has 5 nitrogen and oxygen atoms in total. The van der Waals surface area contributed by atoms with Gasteiger partial charge in [0.25, 0.3) is 5.91 Å². The van der Waals surface area contributed by atoms with Crippen LogP contribution in [0.25, 0.3) is 0 Å². The highest BCUT2D eigenvalue weighted by molar-refractivity contribution is 7.89. The molecule has 1 aromatic carbocycles. The van der Waals surface area contributed by atoms with E-state index in [1.54, 1.807) is 0 Å². The van der Waals surface area contributed by atoms with Gasteiger partial charge in [-0.1, -0.05) is 37.0 Å². The lowest BCUT2D eigenvalue weighted by Crippen LogP contribution is -2.26. The zero-order valence-corrected chi connectivity index (χ0v) is 13.4. The van der Waals surface area contributed by atoms with Crippen LogP contribution in [0.2, 0.25) is 10.0 Å². The number of nitrogens with one attached hydrogen (secondary N) is 1. The zero-order chi connectivity index (χ0) is 15.5. The van der Waals surface area contributed by atoms with Crippen LogP contribution in [0.4, 0.5) is 0 Å². The van der Waals surface area contributed by atoms with Crippen LogP contribution < -0.4 is 10.5 Å². The van der Waals surface area contributed by atoms with Crippen molar-refractivity contribution in [2.24, 2.45) is 11.1 Å². The molecule has 0 heterocycles. The minimum atomic E-state index is -4.01. The predicted octanol–water partition coefficient (Wildman–Crippen LogP) is 2.42. The van der Waals surface area contributed by atoms with E-state index in [1.807, 2.05) is 13.8 Å². The fourth-order valence-electron chi connectivity index (χ4n) is 1.49. The SMILES string of the molecule is CC(C)CCNC(=O)c1cc(S(N)(=O)=O)c(Cl)cc1Cl. The maximum absolute atomic E-state index is 12.0. The van der Waals surface area contributed by atoms with Gasteiger partial charge in [-0.2, -0.15) is 0 Å². The molecule has 0 unspecified atom stereocenters. The molecule has 1 aromatic rings. The Labute approximate surface area is 128 Å². The fraction of sp³-hybridized carbons (Fsp3) is 0.417. The first-order valence-electron chi connectivity index (χ1n) is 5.93.